The maximum absolute atomic E-state index is 13.9. The van der Waals surface area contributed by atoms with E-state index in [1.165, 1.54) is 19.1 Å². The third-order valence-electron chi connectivity index (χ3n) is 4.06. The molecule has 0 saturated carbocycles. The highest BCUT2D eigenvalue weighted by atomic mass is 35.5. The Morgan fingerprint density at radius 1 is 1.23 bits per heavy atom. The predicted molar refractivity (Wildman–Crippen MR) is 108 cm³/mol. The molecule has 0 aliphatic rings. The molecule has 2 rings (SSSR count). The van der Waals surface area contributed by atoms with Crippen LogP contribution in [0.25, 0.3) is 11.1 Å². The van der Waals surface area contributed by atoms with E-state index in [2.05, 4.69) is 0 Å². The van der Waals surface area contributed by atoms with Crippen molar-refractivity contribution < 1.29 is 23.8 Å². The smallest absolute Gasteiger partial charge is 0.331 e. The van der Waals surface area contributed by atoms with Crippen LogP contribution >= 0.6 is 11.6 Å². The first kappa shape index (κ1) is 23.3. The van der Waals surface area contributed by atoms with E-state index < -0.39 is 47.2 Å². The third-order valence-corrected chi connectivity index (χ3v) is 4.44. The average molecular weight is 441 g/mol. The van der Waals surface area contributed by atoms with Crippen molar-refractivity contribution >= 4 is 23.5 Å². The maximum atomic E-state index is 13.9. The number of hydrogen-bond donors (Lipinski definition) is 1. The SMILES string of the molecule is C[C@@H](CC(=O)OC(C)(C)C)n1c(=O)c(-c2cccc(F)c2Cl)cn(CC(=O)O)c1=O. The fourth-order valence-electron chi connectivity index (χ4n) is 2.88. The summed E-state index contributed by atoms with van der Waals surface area (Å²) in [4.78, 5) is 49.2. The number of halogens is 2. The number of aromatic nitrogens is 2. The van der Waals surface area contributed by atoms with Crippen LogP contribution in [-0.4, -0.2) is 31.8 Å². The molecule has 0 aliphatic heterocycles. The summed E-state index contributed by atoms with van der Waals surface area (Å²) in [6, 6.07) is 2.85. The van der Waals surface area contributed by atoms with Gasteiger partial charge in [0.15, 0.2) is 0 Å². The van der Waals surface area contributed by atoms with Crippen LogP contribution in [0.5, 0.6) is 0 Å². The minimum absolute atomic E-state index is 0.000904. The summed E-state index contributed by atoms with van der Waals surface area (Å²) in [5.41, 5.74) is -2.68. The molecule has 1 atom stereocenters. The molecule has 1 aromatic carbocycles. The van der Waals surface area contributed by atoms with Gasteiger partial charge in [0.1, 0.15) is 18.0 Å². The van der Waals surface area contributed by atoms with Crippen LogP contribution in [0.3, 0.4) is 0 Å². The molecular weight excluding hydrogens is 419 g/mol. The average Bonchev–Trinajstić information content (AvgIpc) is 2.58. The van der Waals surface area contributed by atoms with E-state index in [-0.39, 0.29) is 22.6 Å². The van der Waals surface area contributed by atoms with Crippen LogP contribution in [0.1, 0.15) is 40.2 Å². The lowest BCUT2D eigenvalue weighted by atomic mass is 10.1. The second-order valence-corrected chi connectivity index (χ2v) is 8.14. The van der Waals surface area contributed by atoms with Crippen LogP contribution in [0, 0.1) is 5.82 Å². The zero-order valence-corrected chi connectivity index (χ0v) is 17.7. The Balaban J connectivity index is 2.66. The molecule has 0 fully saturated rings. The molecule has 10 heteroatoms. The van der Waals surface area contributed by atoms with Gasteiger partial charge in [-0.3, -0.25) is 23.5 Å². The Kier molecular flexibility index (Phi) is 6.87. The summed E-state index contributed by atoms with van der Waals surface area (Å²) < 4.78 is 20.7. The van der Waals surface area contributed by atoms with E-state index in [0.717, 1.165) is 21.4 Å². The number of esters is 1. The molecule has 2 aromatic rings. The minimum Gasteiger partial charge on any atom is -0.480 e. The van der Waals surface area contributed by atoms with Crippen molar-refractivity contribution in [2.45, 2.75) is 52.3 Å². The first-order valence-corrected chi connectivity index (χ1v) is 9.43. The Labute approximate surface area is 176 Å². The molecule has 8 nitrogen and oxygen atoms in total. The van der Waals surface area contributed by atoms with Crippen molar-refractivity contribution in [3.05, 3.63) is 56.1 Å². The fraction of sp³-hybridized carbons (Fsp3) is 0.400. The number of nitrogens with zero attached hydrogens (tertiary/aromatic N) is 2. The number of carboxylic acids is 1. The molecule has 0 amide bonds. The van der Waals surface area contributed by atoms with E-state index in [4.69, 9.17) is 21.4 Å². The van der Waals surface area contributed by atoms with E-state index >= 15 is 0 Å². The molecule has 30 heavy (non-hydrogen) atoms. The molecule has 1 heterocycles. The normalized spacial score (nSPS) is 12.5. The first-order chi connectivity index (χ1) is 13.8. The number of benzene rings is 1. The lowest BCUT2D eigenvalue weighted by Crippen LogP contribution is -2.43. The van der Waals surface area contributed by atoms with Crippen LogP contribution in [0.4, 0.5) is 4.39 Å². The number of ether oxygens (including phenoxy) is 1. The molecule has 162 valence electrons. The van der Waals surface area contributed by atoms with Gasteiger partial charge in [0.05, 0.1) is 17.0 Å². The molecule has 0 aliphatic carbocycles. The predicted octanol–water partition coefficient (Wildman–Crippen LogP) is 2.85. The zero-order chi connectivity index (χ0) is 22.8. The van der Waals surface area contributed by atoms with E-state index in [9.17, 15) is 23.6 Å². The standard InChI is InChI=1S/C20H22ClFN2O6/c1-11(8-16(27)30-20(2,3)4)24-18(28)13(9-23(19(24)29)10-15(25)26)12-6-5-7-14(22)17(12)21/h5-7,9,11H,8,10H2,1-4H3,(H,25,26)/t11-/m0/s1. The highest BCUT2D eigenvalue weighted by molar-refractivity contribution is 6.33. The number of carbonyl (C=O) groups is 2. The van der Waals surface area contributed by atoms with Gasteiger partial charge in [0, 0.05) is 17.8 Å². The number of carbonyl (C=O) groups excluding carboxylic acids is 1. The molecule has 0 unspecified atom stereocenters. The molecule has 0 saturated heterocycles. The molecular formula is C20H22ClFN2O6. The highest BCUT2D eigenvalue weighted by Crippen LogP contribution is 2.27. The Hall–Kier alpha value is -2.94. The second kappa shape index (κ2) is 8.83. The molecule has 0 bridgehead atoms. The summed E-state index contributed by atoms with van der Waals surface area (Å²) in [6.07, 6.45) is 0.718. The van der Waals surface area contributed by atoms with Crippen molar-refractivity contribution in [1.82, 2.24) is 9.13 Å². The Morgan fingerprint density at radius 2 is 1.87 bits per heavy atom. The first-order valence-electron chi connectivity index (χ1n) is 9.06. The molecule has 1 N–H and O–H groups in total. The van der Waals surface area contributed by atoms with Crippen LogP contribution in [-0.2, 0) is 20.9 Å². The summed E-state index contributed by atoms with van der Waals surface area (Å²) in [5, 5.41) is 8.77. The van der Waals surface area contributed by atoms with Gasteiger partial charge in [0.2, 0.25) is 0 Å². The van der Waals surface area contributed by atoms with Gasteiger partial charge in [0.25, 0.3) is 5.56 Å². The quantitative estimate of drug-likeness (QED) is 0.692. The summed E-state index contributed by atoms with van der Waals surface area (Å²) in [6.45, 7) is 5.74. The number of carboxylic acid groups (broad SMARTS) is 1. The number of hydrogen-bond acceptors (Lipinski definition) is 5. The molecule has 0 radical (unpaired) electrons. The zero-order valence-electron chi connectivity index (χ0n) is 16.9. The second-order valence-electron chi connectivity index (χ2n) is 7.76. The monoisotopic (exact) mass is 440 g/mol. The summed E-state index contributed by atoms with van der Waals surface area (Å²) >= 11 is 5.99. The summed E-state index contributed by atoms with van der Waals surface area (Å²) in [7, 11) is 0. The van der Waals surface area contributed by atoms with Crippen LogP contribution < -0.4 is 11.2 Å². The van der Waals surface area contributed by atoms with Gasteiger partial charge in [-0.25, -0.2) is 9.18 Å². The van der Waals surface area contributed by atoms with E-state index in [0.29, 0.717) is 0 Å². The molecule has 0 spiro atoms. The van der Waals surface area contributed by atoms with Gasteiger partial charge < -0.3 is 9.84 Å². The Bertz CT molecular complexity index is 1100. The van der Waals surface area contributed by atoms with Gasteiger partial charge in [-0.1, -0.05) is 23.7 Å². The Morgan fingerprint density at radius 3 is 2.43 bits per heavy atom. The van der Waals surface area contributed by atoms with Gasteiger partial charge >= 0.3 is 17.6 Å². The minimum atomic E-state index is -1.32. The van der Waals surface area contributed by atoms with Crippen LogP contribution in [0.15, 0.2) is 34.0 Å². The van der Waals surface area contributed by atoms with Gasteiger partial charge in [-0.2, -0.15) is 0 Å². The lowest BCUT2D eigenvalue weighted by molar-refractivity contribution is -0.155. The fourth-order valence-corrected chi connectivity index (χ4v) is 3.11. The van der Waals surface area contributed by atoms with E-state index in [1.54, 1.807) is 20.8 Å². The highest BCUT2D eigenvalue weighted by Gasteiger charge is 2.24. The number of aliphatic carboxylic acids is 1. The van der Waals surface area contributed by atoms with E-state index in [1.807, 2.05) is 0 Å². The van der Waals surface area contributed by atoms with Crippen molar-refractivity contribution in [3.8, 4) is 11.1 Å². The third kappa shape index (κ3) is 5.35. The van der Waals surface area contributed by atoms with Crippen molar-refractivity contribution in [2.24, 2.45) is 0 Å². The molecule has 1 aromatic heterocycles. The van der Waals surface area contributed by atoms with Gasteiger partial charge in [-0.15, -0.1) is 0 Å². The van der Waals surface area contributed by atoms with Crippen LogP contribution in [0.2, 0.25) is 5.02 Å². The number of rotatable bonds is 6. The maximum Gasteiger partial charge on any atom is 0.331 e. The van der Waals surface area contributed by atoms with Crippen molar-refractivity contribution in [1.29, 1.82) is 0 Å². The summed E-state index contributed by atoms with van der Waals surface area (Å²) in [5.74, 6) is -2.74. The lowest BCUT2D eigenvalue weighted by Gasteiger charge is -2.22. The van der Waals surface area contributed by atoms with Crippen molar-refractivity contribution in [2.75, 3.05) is 0 Å². The van der Waals surface area contributed by atoms with Crippen molar-refractivity contribution in [3.63, 3.8) is 0 Å². The van der Waals surface area contributed by atoms with Gasteiger partial charge in [-0.05, 0) is 33.8 Å². The largest absolute Gasteiger partial charge is 0.480 e. The topological polar surface area (TPSA) is 108 Å².